The number of nitrogens with zero attached hydrogens (tertiary/aromatic N) is 4. The number of aromatic amines is 1. The highest BCUT2D eigenvalue weighted by atomic mass is 16.2. The van der Waals surface area contributed by atoms with Crippen LogP contribution in [0.1, 0.15) is 66.8 Å². The summed E-state index contributed by atoms with van der Waals surface area (Å²) in [7, 11) is 1.78. The number of hydrogen-bond donors (Lipinski definition) is 4. The van der Waals surface area contributed by atoms with Gasteiger partial charge in [0, 0.05) is 58.0 Å². The van der Waals surface area contributed by atoms with Gasteiger partial charge in [0.15, 0.2) is 0 Å². The molecule has 13 nitrogen and oxygen atoms in total. The highest BCUT2D eigenvalue weighted by Gasteiger charge is 2.26. The summed E-state index contributed by atoms with van der Waals surface area (Å²) in [5, 5.41) is 8.67. The molecular formula is C29H40N8O5. The monoisotopic (exact) mass is 580 g/mol. The second-order valence-electron chi connectivity index (χ2n) is 10.8. The van der Waals surface area contributed by atoms with Crippen molar-refractivity contribution in [1.29, 1.82) is 0 Å². The summed E-state index contributed by atoms with van der Waals surface area (Å²) >= 11 is 0. The summed E-state index contributed by atoms with van der Waals surface area (Å²) in [6.07, 6.45) is 5.41. The molecule has 0 saturated carbocycles. The van der Waals surface area contributed by atoms with Crippen LogP contribution in [0, 0.1) is 5.92 Å². The van der Waals surface area contributed by atoms with Crippen LogP contribution in [0.2, 0.25) is 0 Å². The molecule has 226 valence electrons. The predicted molar refractivity (Wildman–Crippen MR) is 157 cm³/mol. The second kappa shape index (κ2) is 14.0. The summed E-state index contributed by atoms with van der Waals surface area (Å²) in [6.45, 7) is 5.52. The molecule has 0 spiro atoms. The fourth-order valence-corrected chi connectivity index (χ4v) is 5.03. The Kier molecular flexibility index (Phi) is 10.2. The van der Waals surface area contributed by atoms with E-state index in [0.29, 0.717) is 80.7 Å². The van der Waals surface area contributed by atoms with E-state index in [0.717, 1.165) is 0 Å². The number of imidazole rings is 2. The van der Waals surface area contributed by atoms with Crippen LogP contribution in [0.5, 0.6) is 0 Å². The number of aryl methyl sites for hydroxylation is 2. The third-order valence-corrected chi connectivity index (χ3v) is 7.64. The SMILES string of the molecule is CC[C@H](C)[C@@H]1NC(=O)CCCN(C(=O)c2cn(C)cn2)CCCNC(=O)c2ccc3[nH]c(=O)n(c3c2)CCCNC1=O. The fourth-order valence-electron chi connectivity index (χ4n) is 5.03. The van der Waals surface area contributed by atoms with Gasteiger partial charge >= 0.3 is 5.69 Å². The van der Waals surface area contributed by atoms with E-state index in [2.05, 4.69) is 25.9 Å². The van der Waals surface area contributed by atoms with E-state index < -0.39 is 6.04 Å². The van der Waals surface area contributed by atoms with Gasteiger partial charge in [0.05, 0.1) is 17.4 Å². The molecule has 0 aliphatic carbocycles. The van der Waals surface area contributed by atoms with Crippen LogP contribution in [-0.2, 0) is 23.2 Å². The van der Waals surface area contributed by atoms with Crippen molar-refractivity contribution >= 4 is 34.7 Å². The zero-order chi connectivity index (χ0) is 30.2. The molecule has 13 heteroatoms. The van der Waals surface area contributed by atoms with Crippen LogP contribution in [0.25, 0.3) is 11.0 Å². The Bertz CT molecular complexity index is 1490. The molecule has 0 saturated heterocycles. The van der Waals surface area contributed by atoms with Crippen LogP contribution >= 0.6 is 0 Å². The average Bonchev–Trinajstić information content (AvgIpc) is 3.55. The molecular weight excluding hydrogens is 540 g/mol. The zero-order valence-electron chi connectivity index (χ0n) is 24.4. The van der Waals surface area contributed by atoms with Crippen LogP contribution in [0.3, 0.4) is 0 Å². The van der Waals surface area contributed by atoms with E-state index in [4.69, 9.17) is 0 Å². The summed E-state index contributed by atoms with van der Waals surface area (Å²) in [5.41, 5.74) is 1.63. The van der Waals surface area contributed by atoms with Gasteiger partial charge in [0.2, 0.25) is 11.8 Å². The molecule has 4 amide bonds. The first-order chi connectivity index (χ1) is 20.2. The van der Waals surface area contributed by atoms with Crippen LogP contribution in [0.4, 0.5) is 0 Å². The molecule has 1 aliphatic rings. The van der Waals surface area contributed by atoms with Crippen LogP contribution in [-0.4, -0.2) is 79.9 Å². The van der Waals surface area contributed by atoms with Crippen molar-refractivity contribution in [2.45, 2.75) is 58.5 Å². The lowest BCUT2D eigenvalue weighted by atomic mass is 9.98. The van der Waals surface area contributed by atoms with Gasteiger partial charge in [0.25, 0.3) is 11.8 Å². The van der Waals surface area contributed by atoms with Crippen LogP contribution in [0.15, 0.2) is 35.5 Å². The van der Waals surface area contributed by atoms with E-state index in [-0.39, 0.29) is 41.7 Å². The number of fused-ring (bicyclic) bond motifs is 1. The molecule has 2 aromatic heterocycles. The van der Waals surface area contributed by atoms with E-state index in [1.807, 2.05) is 13.8 Å². The lowest BCUT2D eigenvalue weighted by Crippen LogP contribution is -2.50. The van der Waals surface area contributed by atoms with Crippen molar-refractivity contribution in [2.24, 2.45) is 13.0 Å². The first-order valence-corrected chi connectivity index (χ1v) is 14.5. The molecule has 1 aliphatic heterocycles. The van der Waals surface area contributed by atoms with Gasteiger partial charge in [-0.15, -0.1) is 0 Å². The molecule has 0 fully saturated rings. The number of hydrogen-bond acceptors (Lipinski definition) is 6. The average molecular weight is 581 g/mol. The number of benzene rings is 1. The molecule has 3 heterocycles. The number of carbonyl (C=O) groups excluding carboxylic acids is 4. The van der Waals surface area contributed by atoms with E-state index in [1.54, 1.807) is 51.8 Å². The number of carbonyl (C=O) groups is 4. The van der Waals surface area contributed by atoms with Crippen molar-refractivity contribution in [3.8, 4) is 0 Å². The largest absolute Gasteiger partial charge is 0.354 e. The smallest absolute Gasteiger partial charge is 0.326 e. The van der Waals surface area contributed by atoms with Gasteiger partial charge in [-0.1, -0.05) is 20.3 Å². The minimum Gasteiger partial charge on any atom is -0.354 e. The number of rotatable bonds is 3. The summed E-state index contributed by atoms with van der Waals surface area (Å²) in [4.78, 5) is 73.2. The standard InChI is InChI=1S/C29H40N8O5/c1-4-19(2)25-27(40)31-12-7-15-37-23-16-20(9-10-21(23)33-29(37)42)26(39)30-11-6-14-36(13-5-8-24(38)34-25)28(41)22-17-35(3)18-32-22/h9-10,16-19,25H,4-8,11-15H2,1-3H3,(H,30,39)(H,31,40)(H,33,42)(H,34,38)/t19-,25-/m0/s1. The Morgan fingerprint density at radius 3 is 2.52 bits per heavy atom. The molecule has 2 atom stereocenters. The Hall–Kier alpha value is -4.42. The maximum Gasteiger partial charge on any atom is 0.326 e. The third-order valence-electron chi connectivity index (χ3n) is 7.64. The Morgan fingerprint density at radius 2 is 1.79 bits per heavy atom. The van der Waals surface area contributed by atoms with E-state index in [1.165, 1.54) is 0 Å². The molecule has 4 rings (SSSR count). The van der Waals surface area contributed by atoms with Gasteiger partial charge in [0.1, 0.15) is 11.7 Å². The van der Waals surface area contributed by atoms with Crippen molar-refractivity contribution < 1.29 is 19.2 Å². The van der Waals surface area contributed by atoms with Gasteiger partial charge in [-0.3, -0.25) is 23.7 Å². The van der Waals surface area contributed by atoms with Gasteiger partial charge in [-0.25, -0.2) is 9.78 Å². The molecule has 3 aromatic rings. The molecule has 0 radical (unpaired) electrons. The van der Waals surface area contributed by atoms with Gasteiger partial charge in [-0.05, 0) is 43.4 Å². The minimum atomic E-state index is -0.696. The van der Waals surface area contributed by atoms with Crippen molar-refractivity contribution in [3.05, 3.63) is 52.5 Å². The van der Waals surface area contributed by atoms with Crippen LogP contribution < -0.4 is 21.6 Å². The number of aromatic nitrogens is 4. The highest BCUT2D eigenvalue weighted by Crippen LogP contribution is 2.14. The molecule has 42 heavy (non-hydrogen) atoms. The highest BCUT2D eigenvalue weighted by molar-refractivity contribution is 5.97. The quantitative estimate of drug-likeness (QED) is 0.363. The first kappa shape index (κ1) is 30.5. The third kappa shape index (κ3) is 7.45. The van der Waals surface area contributed by atoms with Crippen molar-refractivity contribution in [3.63, 3.8) is 0 Å². The Labute approximate surface area is 244 Å². The molecule has 1 aromatic carbocycles. The normalized spacial score (nSPS) is 19.1. The maximum atomic E-state index is 13.2. The predicted octanol–water partition coefficient (Wildman–Crippen LogP) is 1.16. The molecule has 2 bridgehead atoms. The number of amides is 4. The van der Waals surface area contributed by atoms with E-state index >= 15 is 0 Å². The van der Waals surface area contributed by atoms with Gasteiger partial charge in [-0.2, -0.15) is 0 Å². The molecule has 4 N–H and O–H groups in total. The fraction of sp³-hybridized carbons (Fsp3) is 0.517. The van der Waals surface area contributed by atoms with E-state index in [9.17, 15) is 24.0 Å². The Balaban J connectivity index is 1.55. The second-order valence-corrected chi connectivity index (χ2v) is 10.8. The lowest BCUT2D eigenvalue weighted by molar-refractivity contribution is -0.130. The minimum absolute atomic E-state index is 0.0857. The molecule has 0 unspecified atom stereocenters. The summed E-state index contributed by atoms with van der Waals surface area (Å²) < 4.78 is 3.24. The number of H-pyrrole nitrogens is 1. The Morgan fingerprint density at radius 1 is 1.05 bits per heavy atom. The summed E-state index contributed by atoms with van der Waals surface area (Å²) in [5.74, 6) is -1.17. The summed E-state index contributed by atoms with van der Waals surface area (Å²) in [6, 6.07) is 4.34. The topological polar surface area (TPSA) is 163 Å². The first-order valence-electron chi connectivity index (χ1n) is 14.5. The zero-order valence-corrected chi connectivity index (χ0v) is 24.4. The van der Waals surface area contributed by atoms with Crippen molar-refractivity contribution in [1.82, 2.24) is 40.0 Å². The van der Waals surface area contributed by atoms with Crippen molar-refractivity contribution in [2.75, 3.05) is 26.2 Å². The lowest BCUT2D eigenvalue weighted by Gasteiger charge is -2.24. The number of nitrogens with one attached hydrogen (secondary N) is 4. The van der Waals surface area contributed by atoms with Gasteiger partial charge < -0.3 is 30.4 Å². The maximum absolute atomic E-state index is 13.2.